The number of rotatable bonds is 8. The molecule has 0 saturated carbocycles. The Labute approximate surface area is 151 Å². The van der Waals surface area contributed by atoms with Crippen LogP contribution in [0.2, 0.25) is 0 Å². The summed E-state index contributed by atoms with van der Waals surface area (Å²) in [4.78, 5) is 13.4. The van der Waals surface area contributed by atoms with Crippen molar-refractivity contribution in [2.75, 3.05) is 13.7 Å². The molecule has 1 unspecified atom stereocenters. The van der Waals surface area contributed by atoms with Crippen molar-refractivity contribution in [1.29, 1.82) is 0 Å². The molecular formula is C19H21N3O2S. The number of carbonyl (C=O) groups is 1. The molecule has 0 saturated heterocycles. The van der Waals surface area contributed by atoms with Crippen LogP contribution >= 0.6 is 11.3 Å². The molecule has 1 N–H and O–H groups in total. The number of benzene rings is 1. The number of hydrogen-bond donors (Lipinski definition) is 1. The largest absolute Gasteiger partial charge is 0.497 e. The van der Waals surface area contributed by atoms with Crippen molar-refractivity contribution >= 4 is 17.2 Å². The molecule has 1 atom stereocenters. The van der Waals surface area contributed by atoms with Gasteiger partial charge >= 0.3 is 0 Å². The third kappa shape index (κ3) is 4.70. The molecule has 6 heteroatoms. The van der Waals surface area contributed by atoms with Crippen LogP contribution in [0.1, 0.15) is 22.9 Å². The Balaban J connectivity index is 1.53. The van der Waals surface area contributed by atoms with E-state index in [0.29, 0.717) is 19.4 Å². The highest BCUT2D eigenvalue weighted by Gasteiger charge is 2.16. The van der Waals surface area contributed by atoms with Crippen molar-refractivity contribution in [1.82, 2.24) is 15.1 Å². The highest BCUT2D eigenvalue weighted by atomic mass is 32.1. The van der Waals surface area contributed by atoms with Gasteiger partial charge < -0.3 is 10.1 Å². The normalized spacial score (nSPS) is 11.9. The first-order chi connectivity index (χ1) is 12.3. The monoisotopic (exact) mass is 355 g/mol. The van der Waals surface area contributed by atoms with Gasteiger partial charge in [-0.15, -0.1) is 11.3 Å². The molecule has 0 aliphatic heterocycles. The van der Waals surface area contributed by atoms with Gasteiger partial charge in [-0.3, -0.25) is 9.48 Å². The Kier molecular flexibility index (Phi) is 5.85. The van der Waals surface area contributed by atoms with E-state index in [-0.39, 0.29) is 11.9 Å². The van der Waals surface area contributed by atoms with Crippen molar-refractivity contribution in [2.45, 2.75) is 18.9 Å². The van der Waals surface area contributed by atoms with Gasteiger partial charge in [0, 0.05) is 30.2 Å². The Hall–Kier alpha value is -2.60. The zero-order valence-corrected chi connectivity index (χ0v) is 14.9. The molecule has 0 fully saturated rings. The first kappa shape index (κ1) is 17.2. The average Bonchev–Trinajstić information content (AvgIpc) is 3.35. The molecule has 1 amide bonds. The van der Waals surface area contributed by atoms with E-state index in [1.54, 1.807) is 24.6 Å². The van der Waals surface area contributed by atoms with Gasteiger partial charge in [0.15, 0.2) is 0 Å². The Morgan fingerprint density at radius 2 is 2.12 bits per heavy atom. The fourth-order valence-corrected chi connectivity index (χ4v) is 3.44. The second-order valence-corrected chi connectivity index (χ2v) is 6.65. The number of nitrogens with one attached hydrogen (secondary N) is 1. The molecule has 0 spiro atoms. The van der Waals surface area contributed by atoms with Crippen LogP contribution in [-0.2, 0) is 11.2 Å². The van der Waals surface area contributed by atoms with E-state index >= 15 is 0 Å². The molecule has 2 aromatic heterocycles. The van der Waals surface area contributed by atoms with Gasteiger partial charge in [0.1, 0.15) is 11.8 Å². The summed E-state index contributed by atoms with van der Waals surface area (Å²) < 4.78 is 7.03. The summed E-state index contributed by atoms with van der Waals surface area (Å²) in [5, 5.41) is 9.39. The fraction of sp³-hybridized carbons (Fsp3) is 0.263. The smallest absolute Gasteiger partial charge is 0.220 e. The maximum absolute atomic E-state index is 12.2. The number of hydrogen-bond acceptors (Lipinski definition) is 4. The number of ether oxygens (including phenoxy) is 1. The molecular weight excluding hydrogens is 334 g/mol. The standard InChI is InChI=1S/C19H21N3O2S/c1-24-16-8-5-15(6-9-16)7-10-19(23)20-14-17(18-4-2-13-25-18)22-12-3-11-21-22/h2-6,8-9,11-13,17H,7,10,14H2,1H3,(H,20,23). The van der Waals surface area contributed by atoms with E-state index in [1.165, 1.54) is 4.88 Å². The summed E-state index contributed by atoms with van der Waals surface area (Å²) in [7, 11) is 1.64. The minimum absolute atomic E-state index is 0.0277. The topological polar surface area (TPSA) is 56.1 Å². The zero-order valence-electron chi connectivity index (χ0n) is 14.1. The maximum atomic E-state index is 12.2. The number of methoxy groups -OCH3 is 1. The quantitative estimate of drug-likeness (QED) is 0.675. The van der Waals surface area contributed by atoms with Gasteiger partial charge in [0.05, 0.1) is 7.11 Å². The number of nitrogens with zero attached hydrogens (tertiary/aromatic N) is 2. The molecule has 3 rings (SSSR count). The second-order valence-electron chi connectivity index (χ2n) is 5.67. The maximum Gasteiger partial charge on any atom is 0.220 e. The van der Waals surface area contributed by atoms with E-state index < -0.39 is 0 Å². The Morgan fingerprint density at radius 1 is 1.28 bits per heavy atom. The highest BCUT2D eigenvalue weighted by Crippen LogP contribution is 2.22. The summed E-state index contributed by atoms with van der Waals surface area (Å²) in [5.41, 5.74) is 1.12. The summed E-state index contributed by atoms with van der Waals surface area (Å²) in [6.07, 6.45) is 4.85. The summed E-state index contributed by atoms with van der Waals surface area (Å²) >= 11 is 1.67. The Bertz CT molecular complexity index is 733. The van der Waals surface area contributed by atoms with E-state index in [2.05, 4.69) is 16.5 Å². The van der Waals surface area contributed by atoms with E-state index in [0.717, 1.165) is 11.3 Å². The Morgan fingerprint density at radius 3 is 2.76 bits per heavy atom. The van der Waals surface area contributed by atoms with Crippen LogP contribution in [-0.4, -0.2) is 29.3 Å². The van der Waals surface area contributed by atoms with Gasteiger partial charge in [0.25, 0.3) is 0 Å². The van der Waals surface area contributed by atoms with Crippen LogP contribution in [0.15, 0.2) is 60.2 Å². The minimum atomic E-state index is 0.0277. The number of aryl methyl sites for hydroxylation is 1. The van der Waals surface area contributed by atoms with Crippen molar-refractivity contribution in [3.05, 3.63) is 70.7 Å². The molecule has 0 aliphatic carbocycles. The third-order valence-electron chi connectivity index (χ3n) is 4.01. The lowest BCUT2D eigenvalue weighted by molar-refractivity contribution is -0.121. The molecule has 2 heterocycles. The van der Waals surface area contributed by atoms with Crippen LogP contribution in [0.4, 0.5) is 0 Å². The van der Waals surface area contributed by atoms with Crippen LogP contribution in [0.3, 0.4) is 0 Å². The van der Waals surface area contributed by atoms with Crippen LogP contribution in [0, 0.1) is 0 Å². The van der Waals surface area contributed by atoms with E-state index in [9.17, 15) is 4.79 Å². The van der Waals surface area contributed by atoms with Crippen LogP contribution in [0.5, 0.6) is 5.75 Å². The number of amides is 1. The van der Waals surface area contributed by atoms with Gasteiger partial charge in [-0.25, -0.2) is 0 Å². The van der Waals surface area contributed by atoms with E-state index in [4.69, 9.17) is 4.74 Å². The first-order valence-corrected chi connectivity index (χ1v) is 9.06. The average molecular weight is 355 g/mol. The zero-order chi connectivity index (χ0) is 17.5. The van der Waals surface area contributed by atoms with Crippen LogP contribution < -0.4 is 10.1 Å². The first-order valence-electron chi connectivity index (χ1n) is 8.18. The van der Waals surface area contributed by atoms with Gasteiger partial charge in [0.2, 0.25) is 5.91 Å². The van der Waals surface area contributed by atoms with E-state index in [1.807, 2.05) is 52.7 Å². The predicted molar refractivity (Wildman–Crippen MR) is 99.0 cm³/mol. The molecule has 3 aromatic rings. The molecule has 0 bridgehead atoms. The van der Waals surface area contributed by atoms with Crippen molar-refractivity contribution in [3.8, 4) is 5.75 Å². The summed E-state index contributed by atoms with van der Waals surface area (Å²) in [6, 6.07) is 13.8. The third-order valence-corrected chi connectivity index (χ3v) is 4.98. The second kappa shape index (κ2) is 8.48. The number of thiophene rings is 1. The lowest BCUT2D eigenvalue weighted by Crippen LogP contribution is -2.31. The van der Waals surface area contributed by atoms with Gasteiger partial charge in [-0.05, 0) is 41.6 Å². The SMILES string of the molecule is COc1ccc(CCC(=O)NCC(c2cccs2)n2cccn2)cc1. The lowest BCUT2D eigenvalue weighted by Gasteiger charge is -2.17. The molecule has 0 radical (unpaired) electrons. The van der Waals surface area contributed by atoms with Crippen molar-refractivity contribution in [3.63, 3.8) is 0 Å². The minimum Gasteiger partial charge on any atom is -0.497 e. The molecule has 130 valence electrons. The summed E-state index contributed by atoms with van der Waals surface area (Å²) in [6.45, 7) is 0.531. The predicted octanol–water partition coefficient (Wildman–Crippen LogP) is 3.29. The molecule has 0 aliphatic rings. The number of carbonyl (C=O) groups excluding carboxylic acids is 1. The molecule has 1 aromatic carbocycles. The highest BCUT2D eigenvalue weighted by molar-refractivity contribution is 7.10. The van der Waals surface area contributed by atoms with Gasteiger partial charge in [-0.2, -0.15) is 5.10 Å². The molecule has 5 nitrogen and oxygen atoms in total. The van der Waals surface area contributed by atoms with Gasteiger partial charge in [-0.1, -0.05) is 18.2 Å². The molecule has 25 heavy (non-hydrogen) atoms. The fourth-order valence-electron chi connectivity index (χ4n) is 2.62. The number of aromatic nitrogens is 2. The lowest BCUT2D eigenvalue weighted by atomic mass is 10.1. The van der Waals surface area contributed by atoms with Crippen LogP contribution in [0.25, 0.3) is 0 Å². The van der Waals surface area contributed by atoms with Crippen molar-refractivity contribution in [2.24, 2.45) is 0 Å². The summed E-state index contributed by atoms with van der Waals surface area (Å²) in [5.74, 6) is 0.871. The van der Waals surface area contributed by atoms with Crippen molar-refractivity contribution < 1.29 is 9.53 Å².